The Kier molecular flexibility index (Phi) is 3.20. The van der Waals surface area contributed by atoms with Crippen LogP contribution in [0.25, 0.3) is 0 Å². The van der Waals surface area contributed by atoms with Crippen LogP contribution in [-0.4, -0.2) is 30.3 Å². The van der Waals surface area contributed by atoms with Gasteiger partial charge < -0.3 is 14.7 Å². The molecule has 1 aliphatic heterocycles. The van der Waals surface area contributed by atoms with Gasteiger partial charge in [-0.2, -0.15) is 0 Å². The zero-order valence-electron chi connectivity index (χ0n) is 11.0. The number of methoxy groups -OCH3 is 1. The summed E-state index contributed by atoms with van der Waals surface area (Å²) in [6.45, 7) is 4.67. The first kappa shape index (κ1) is 12.7. The highest BCUT2D eigenvalue weighted by Gasteiger charge is 2.42. The molecule has 0 radical (unpaired) electrons. The van der Waals surface area contributed by atoms with Crippen LogP contribution in [0.5, 0.6) is 5.75 Å². The Morgan fingerprint density at radius 2 is 2.11 bits per heavy atom. The van der Waals surface area contributed by atoms with Crippen molar-refractivity contribution in [3.8, 4) is 5.75 Å². The summed E-state index contributed by atoms with van der Waals surface area (Å²) in [6, 6.07) is 7.74. The van der Waals surface area contributed by atoms with Gasteiger partial charge in [-0.15, -0.1) is 0 Å². The maximum atomic E-state index is 11.2. The second kappa shape index (κ2) is 4.52. The number of para-hydroxylation sites is 2. The average molecular weight is 249 g/mol. The maximum absolute atomic E-state index is 11.2. The van der Waals surface area contributed by atoms with Crippen LogP contribution in [-0.2, 0) is 4.79 Å². The molecule has 1 aliphatic rings. The van der Waals surface area contributed by atoms with Crippen LogP contribution in [0.2, 0.25) is 0 Å². The van der Waals surface area contributed by atoms with E-state index in [1.54, 1.807) is 7.11 Å². The second-order valence-corrected chi connectivity index (χ2v) is 5.33. The molecule has 1 aromatic rings. The van der Waals surface area contributed by atoms with Gasteiger partial charge in [-0.25, -0.2) is 0 Å². The van der Waals surface area contributed by atoms with Gasteiger partial charge >= 0.3 is 5.97 Å². The number of hydrogen-bond acceptors (Lipinski definition) is 3. The first-order valence-corrected chi connectivity index (χ1v) is 6.09. The fourth-order valence-corrected chi connectivity index (χ4v) is 2.69. The summed E-state index contributed by atoms with van der Waals surface area (Å²) >= 11 is 0. The fraction of sp³-hybridized carbons (Fsp3) is 0.500. The Labute approximate surface area is 107 Å². The summed E-state index contributed by atoms with van der Waals surface area (Å²) in [5, 5.41) is 9.18. The van der Waals surface area contributed by atoms with Gasteiger partial charge in [0.15, 0.2) is 0 Å². The van der Waals surface area contributed by atoms with Crippen molar-refractivity contribution < 1.29 is 14.6 Å². The second-order valence-electron chi connectivity index (χ2n) is 5.33. The highest BCUT2D eigenvalue weighted by atomic mass is 16.5. The molecule has 1 heterocycles. The molecular weight excluding hydrogens is 230 g/mol. The lowest BCUT2D eigenvalue weighted by Crippen LogP contribution is -2.38. The molecule has 1 N–H and O–H groups in total. The highest BCUT2D eigenvalue weighted by molar-refractivity contribution is 5.73. The van der Waals surface area contributed by atoms with Gasteiger partial charge in [0, 0.05) is 12.1 Å². The molecule has 0 aliphatic carbocycles. The standard InChI is InChI=1S/C14H19NO3/c1-14(2)8-10(13(16)17)9-15(14)11-6-4-5-7-12(11)18-3/h4-7,10H,8-9H2,1-3H3,(H,16,17). The third-order valence-corrected chi connectivity index (χ3v) is 3.60. The molecule has 1 aromatic carbocycles. The number of rotatable bonds is 3. The van der Waals surface area contributed by atoms with E-state index in [0.29, 0.717) is 13.0 Å². The zero-order chi connectivity index (χ0) is 13.3. The van der Waals surface area contributed by atoms with Crippen molar-refractivity contribution in [2.24, 2.45) is 5.92 Å². The molecule has 0 saturated carbocycles. The Bertz CT molecular complexity index is 456. The van der Waals surface area contributed by atoms with Gasteiger partial charge in [0.25, 0.3) is 0 Å². The van der Waals surface area contributed by atoms with E-state index in [0.717, 1.165) is 11.4 Å². The first-order valence-electron chi connectivity index (χ1n) is 6.09. The number of carboxylic acids is 1. The predicted octanol–water partition coefficient (Wildman–Crippen LogP) is 2.38. The van der Waals surface area contributed by atoms with Crippen molar-refractivity contribution in [1.82, 2.24) is 0 Å². The quantitative estimate of drug-likeness (QED) is 0.893. The predicted molar refractivity (Wildman–Crippen MR) is 70.2 cm³/mol. The van der Waals surface area contributed by atoms with Crippen LogP contribution in [0.4, 0.5) is 5.69 Å². The summed E-state index contributed by atoms with van der Waals surface area (Å²) < 4.78 is 5.36. The molecule has 0 aromatic heterocycles. The van der Waals surface area contributed by atoms with Crippen LogP contribution in [0.3, 0.4) is 0 Å². The minimum Gasteiger partial charge on any atom is -0.495 e. The molecule has 1 fully saturated rings. The van der Waals surface area contributed by atoms with Crippen molar-refractivity contribution in [3.63, 3.8) is 0 Å². The molecule has 18 heavy (non-hydrogen) atoms. The van der Waals surface area contributed by atoms with E-state index in [9.17, 15) is 9.90 Å². The normalized spacial score (nSPS) is 21.9. The molecule has 2 rings (SSSR count). The largest absolute Gasteiger partial charge is 0.495 e. The van der Waals surface area contributed by atoms with Crippen molar-refractivity contribution in [2.75, 3.05) is 18.6 Å². The van der Waals surface area contributed by atoms with Crippen molar-refractivity contribution in [2.45, 2.75) is 25.8 Å². The minimum absolute atomic E-state index is 0.169. The number of aliphatic carboxylic acids is 1. The maximum Gasteiger partial charge on any atom is 0.308 e. The number of carbonyl (C=O) groups is 1. The SMILES string of the molecule is COc1ccccc1N1CC(C(=O)O)CC1(C)C. The molecule has 4 heteroatoms. The van der Waals surface area contributed by atoms with Gasteiger partial charge in [0.05, 0.1) is 18.7 Å². The van der Waals surface area contributed by atoms with E-state index in [1.807, 2.05) is 24.3 Å². The Hall–Kier alpha value is -1.71. The van der Waals surface area contributed by atoms with E-state index in [2.05, 4.69) is 18.7 Å². The molecule has 0 amide bonds. The summed E-state index contributed by atoms with van der Waals surface area (Å²) in [5.41, 5.74) is 0.797. The van der Waals surface area contributed by atoms with Crippen molar-refractivity contribution in [3.05, 3.63) is 24.3 Å². The van der Waals surface area contributed by atoms with Crippen LogP contribution >= 0.6 is 0 Å². The fourth-order valence-electron chi connectivity index (χ4n) is 2.69. The van der Waals surface area contributed by atoms with E-state index < -0.39 is 5.97 Å². The Morgan fingerprint density at radius 1 is 1.44 bits per heavy atom. The third kappa shape index (κ3) is 2.15. The van der Waals surface area contributed by atoms with E-state index in [1.165, 1.54) is 0 Å². The smallest absolute Gasteiger partial charge is 0.308 e. The summed E-state index contributed by atoms with van der Waals surface area (Å²) in [7, 11) is 1.64. The number of hydrogen-bond donors (Lipinski definition) is 1. The van der Waals surface area contributed by atoms with Crippen molar-refractivity contribution in [1.29, 1.82) is 0 Å². The summed E-state index contributed by atoms with van der Waals surface area (Å²) in [6.07, 6.45) is 0.653. The molecule has 1 saturated heterocycles. The lowest BCUT2D eigenvalue weighted by molar-refractivity contribution is -0.141. The first-order chi connectivity index (χ1) is 8.45. The van der Waals surface area contributed by atoms with Crippen LogP contribution in [0.1, 0.15) is 20.3 Å². The molecule has 1 atom stereocenters. The molecule has 0 spiro atoms. The van der Waals surface area contributed by atoms with Gasteiger partial charge in [-0.05, 0) is 32.4 Å². The van der Waals surface area contributed by atoms with E-state index >= 15 is 0 Å². The minimum atomic E-state index is -0.722. The summed E-state index contributed by atoms with van der Waals surface area (Å²) in [5.74, 6) is -0.248. The van der Waals surface area contributed by atoms with Crippen LogP contribution in [0, 0.1) is 5.92 Å². The lowest BCUT2D eigenvalue weighted by Gasteiger charge is -2.34. The topological polar surface area (TPSA) is 49.8 Å². The Morgan fingerprint density at radius 3 is 2.67 bits per heavy atom. The monoisotopic (exact) mass is 249 g/mol. The number of benzene rings is 1. The third-order valence-electron chi connectivity index (χ3n) is 3.60. The van der Waals surface area contributed by atoms with Crippen molar-refractivity contribution >= 4 is 11.7 Å². The highest BCUT2D eigenvalue weighted by Crippen LogP contribution is 2.40. The van der Waals surface area contributed by atoms with E-state index in [-0.39, 0.29) is 11.5 Å². The van der Waals surface area contributed by atoms with Crippen LogP contribution < -0.4 is 9.64 Å². The molecule has 98 valence electrons. The summed E-state index contributed by atoms with van der Waals surface area (Å²) in [4.78, 5) is 13.3. The molecule has 0 bridgehead atoms. The zero-order valence-corrected chi connectivity index (χ0v) is 11.0. The van der Waals surface area contributed by atoms with E-state index in [4.69, 9.17) is 4.74 Å². The van der Waals surface area contributed by atoms with Crippen LogP contribution in [0.15, 0.2) is 24.3 Å². The van der Waals surface area contributed by atoms with Gasteiger partial charge in [-0.3, -0.25) is 4.79 Å². The van der Waals surface area contributed by atoms with Gasteiger partial charge in [-0.1, -0.05) is 12.1 Å². The average Bonchev–Trinajstić information content (AvgIpc) is 2.65. The lowest BCUT2D eigenvalue weighted by atomic mass is 9.96. The molecule has 1 unspecified atom stereocenters. The van der Waals surface area contributed by atoms with Gasteiger partial charge in [0.1, 0.15) is 5.75 Å². The molecular formula is C14H19NO3. The molecule has 4 nitrogen and oxygen atoms in total. The number of anilines is 1. The Balaban J connectivity index is 2.35. The van der Waals surface area contributed by atoms with Gasteiger partial charge in [0.2, 0.25) is 0 Å². The number of carboxylic acid groups (broad SMARTS) is 1. The number of ether oxygens (including phenoxy) is 1. The number of nitrogens with zero attached hydrogens (tertiary/aromatic N) is 1.